The van der Waals surface area contributed by atoms with Crippen molar-refractivity contribution in [1.29, 1.82) is 0 Å². The van der Waals surface area contributed by atoms with Crippen LogP contribution in [0.5, 0.6) is 0 Å². The van der Waals surface area contributed by atoms with Crippen molar-refractivity contribution in [2.24, 2.45) is 11.7 Å². The number of morpholine rings is 1. The normalized spacial score (nSPS) is 20.6. The molecule has 1 spiro atoms. The molecule has 4 fully saturated rings. The number of nitrogens with two attached hydrogens (primary N) is 1. The second-order valence-electron chi connectivity index (χ2n) is 16.4. The molecule has 68 heavy (non-hydrogen) atoms. The Balaban J connectivity index is 0.000000281. The number of halogens is 7. The van der Waals surface area contributed by atoms with Crippen molar-refractivity contribution >= 4 is 23.8 Å². The minimum atomic E-state index is -2.56. The highest BCUT2D eigenvalue weighted by Crippen LogP contribution is 2.32. The van der Waals surface area contributed by atoms with Crippen molar-refractivity contribution in [2.75, 3.05) is 77.2 Å². The van der Waals surface area contributed by atoms with Gasteiger partial charge < -0.3 is 50.8 Å². The van der Waals surface area contributed by atoms with Crippen LogP contribution in [-0.2, 0) is 23.8 Å². The zero-order valence-corrected chi connectivity index (χ0v) is 38.9. The lowest BCUT2D eigenvalue weighted by atomic mass is 9.81. The molecule has 4 aliphatic rings. The fraction of sp³-hybridized carbons (Fsp3) is 0.587. The van der Waals surface area contributed by atoms with Crippen LogP contribution in [0.15, 0.2) is 48.8 Å². The van der Waals surface area contributed by atoms with E-state index in [0.29, 0.717) is 56.8 Å². The van der Waals surface area contributed by atoms with Crippen LogP contribution in [0.4, 0.5) is 41.5 Å². The number of amides is 4. The summed E-state index contributed by atoms with van der Waals surface area (Å²) in [6.07, 6.45) is 3.12. The van der Waals surface area contributed by atoms with E-state index in [1.54, 1.807) is 24.0 Å². The van der Waals surface area contributed by atoms with Crippen molar-refractivity contribution in [3.63, 3.8) is 0 Å². The summed E-state index contributed by atoms with van der Waals surface area (Å²) in [5.41, 5.74) is 4.89. The molecule has 4 aliphatic heterocycles. The van der Waals surface area contributed by atoms with Gasteiger partial charge in [-0.2, -0.15) is 0 Å². The second-order valence-corrected chi connectivity index (χ2v) is 16.4. The standard InChI is InChI=1S/C21H31FN6O4.C13H9F3.C7H13FN2O2.C3H8.C2H4F2O/c1-2-23-20(30)28-7-3-6-21(14-31-13-18(29)26-21)17(28)12-32-16-4-8-27(9-5-16)19-24-10-15(22)11-25-19;1-8-3-2-4-12(13(8)16)9-5-10(14)7-11(15)6-9;8-6(7(9)11)12-4-5-1-2-10-3-5;1-3-2;3-2(4)1-5/h10-11,16-17H,2-9,12-14H2,1H3,(H,23,30)(H,26,29);2-7H,1H3;5-6,10H,1-4H2,(H2,9,11);3H2,1-2H3;2,5H,1H2. The van der Waals surface area contributed by atoms with E-state index >= 15 is 0 Å². The quantitative estimate of drug-likeness (QED) is 0.146. The summed E-state index contributed by atoms with van der Waals surface area (Å²) in [5.74, 6) is -2.72. The van der Waals surface area contributed by atoms with Gasteiger partial charge in [-0.05, 0) is 81.7 Å². The number of primary amides is 1. The number of alkyl halides is 3. The SMILES string of the molecule is CCC.CCNC(=O)N1CCCC2(COCC(=O)N2)C1COC1CCN(c2ncc(F)cn2)CC1.Cc1cccc(-c2cc(F)cc(F)c2)c1F.NC(=O)C(F)OCC1CCNC1.OCC(F)F. The molecule has 7 rings (SSSR count). The second kappa shape index (κ2) is 29.7. The molecule has 4 saturated heterocycles. The lowest BCUT2D eigenvalue weighted by Crippen LogP contribution is -2.72. The van der Waals surface area contributed by atoms with Gasteiger partial charge in [-0.15, -0.1) is 0 Å². The van der Waals surface area contributed by atoms with Crippen LogP contribution in [-0.4, -0.2) is 141 Å². The molecule has 0 saturated carbocycles. The van der Waals surface area contributed by atoms with Crippen LogP contribution in [0.25, 0.3) is 11.1 Å². The number of anilines is 1. The number of benzene rings is 2. The average molecular weight is 975 g/mol. The molecule has 4 atom stereocenters. The molecule has 0 radical (unpaired) electrons. The number of hydrogen-bond acceptors (Lipinski definition) is 11. The molecule has 15 nitrogen and oxygen atoms in total. The zero-order chi connectivity index (χ0) is 50.2. The molecule has 0 bridgehead atoms. The van der Waals surface area contributed by atoms with Crippen molar-refractivity contribution < 1.29 is 64.4 Å². The molecule has 22 heteroatoms. The monoisotopic (exact) mass is 974 g/mol. The summed E-state index contributed by atoms with van der Waals surface area (Å²) < 4.78 is 103. The van der Waals surface area contributed by atoms with Gasteiger partial charge in [0.1, 0.15) is 30.7 Å². The summed E-state index contributed by atoms with van der Waals surface area (Å²) in [7, 11) is 0. The number of carbonyl (C=O) groups excluding carboxylic acids is 3. The van der Waals surface area contributed by atoms with Crippen molar-refractivity contribution in [1.82, 2.24) is 30.8 Å². The summed E-state index contributed by atoms with van der Waals surface area (Å²) in [5, 5.41) is 16.5. The topological polar surface area (TPSA) is 193 Å². The molecular weight excluding hydrogens is 910 g/mol. The Kier molecular flexibility index (Phi) is 24.9. The molecule has 3 aromatic rings. The van der Waals surface area contributed by atoms with Gasteiger partial charge in [0.2, 0.25) is 11.9 Å². The predicted octanol–water partition coefficient (Wildman–Crippen LogP) is 5.81. The first-order valence-electron chi connectivity index (χ1n) is 22.6. The number of aromatic nitrogens is 2. The van der Waals surface area contributed by atoms with Gasteiger partial charge in [-0.1, -0.05) is 38.5 Å². The number of aliphatic hydroxyl groups is 1. The molecular formula is C46H65F7N8O7. The van der Waals surface area contributed by atoms with Crippen LogP contribution >= 0.6 is 0 Å². The molecule has 0 aliphatic carbocycles. The van der Waals surface area contributed by atoms with Crippen molar-refractivity contribution in [2.45, 2.75) is 96.7 Å². The molecule has 5 heterocycles. The Bertz CT molecular complexity index is 1960. The van der Waals surface area contributed by atoms with Crippen molar-refractivity contribution in [3.05, 3.63) is 77.6 Å². The van der Waals surface area contributed by atoms with Gasteiger partial charge in [0.15, 0.2) is 5.82 Å². The number of aryl methyl sites for hydroxylation is 1. The lowest BCUT2D eigenvalue weighted by Gasteiger charge is -2.51. The Hall–Kier alpha value is -5.16. The number of likely N-dealkylation sites (tertiary alicyclic amines) is 1. The largest absolute Gasteiger partial charge is 0.390 e. The first-order valence-corrected chi connectivity index (χ1v) is 22.6. The predicted molar refractivity (Wildman–Crippen MR) is 240 cm³/mol. The third kappa shape index (κ3) is 18.7. The zero-order valence-electron chi connectivity index (χ0n) is 38.9. The molecule has 380 valence electrons. The number of ether oxygens (including phenoxy) is 3. The maximum Gasteiger partial charge on any atom is 0.317 e. The first-order chi connectivity index (χ1) is 32.5. The number of carbonyl (C=O) groups is 3. The summed E-state index contributed by atoms with van der Waals surface area (Å²) in [6.45, 7) is 12.0. The number of rotatable bonds is 11. The maximum absolute atomic E-state index is 13.7. The fourth-order valence-electron chi connectivity index (χ4n) is 7.58. The number of urea groups is 1. The van der Waals surface area contributed by atoms with Crippen LogP contribution in [0.1, 0.15) is 64.9 Å². The Morgan fingerprint density at radius 2 is 1.63 bits per heavy atom. The van der Waals surface area contributed by atoms with E-state index in [1.165, 1.54) is 24.9 Å². The molecule has 6 N–H and O–H groups in total. The van der Waals surface area contributed by atoms with Gasteiger partial charge in [-0.25, -0.2) is 45.5 Å². The minimum absolute atomic E-state index is 0.0157. The summed E-state index contributed by atoms with van der Waals surface area (Å²) in [4.78, 5) is 47.0. The maximum atomic E-state index is 13.7. The summed E-state index contributed by atoms with van der Waals surface area (Å²) >= 11 is 0. The molecule has 1 aromatic heterocycles. The third-order valence-corrected chi connectivity index (χ3v) is 10.8. The highest BCUT2D eigenvalue weighted by atomic mass is 19.3. The van der Waals surface area contributed by atoms with Crippen LogP contribution in [0.3, 0.4) is 0 Å². The number of nitrogens with zero attached hydrogens (tertiary/aromatic N) is 4. The highest BCUT2D eigenvalue weighted by Gasteiger charge is 2.49. The number of aliphatic hydroxyl groups excluding tert-OH is 1. The van der Waals surface area contributed by atoms with Crippen LogP contribution < -0.4 is 26.6 Å². The molecule has 4 unspecified atom stereocenters. The third-order valence-electron chi connectivity index (χ3n) is 10.8. The van der Waals surface area contributed by atoms with Gasteiger partial charge in [0, 0.05) is 44.4 Å². The molecule has 2 aromatic carbocycles. The van der Waals surface area contributed by atoms with E-state index in [1.807, 2.05) is 11.8 Å². The lowest BCUT2D eigenvalue weighted by molar-refractivity contribution is -0.143. The van der Waals surface area contributed by atoms with E-state index in [0.717, 1.165) is 63.4 Å². The Morgan fingerprint density at radius 1 is 0.985 bits per heavy atom. The first kappa shape index (κ1) is 57.2. The van der Waals surface area contributed by atoms with Crippen LogP contribution in [0, 0.1) is 36.1 Å². The Labute approximate surface area is 392 Å². The number of nitrogens with one attached hydrogen (secondary N) is 3. The number of piperidine rings is 2. The van der Waals surface area contributed by atoms with E-state index in [9.17, 15) is 45.1 Å². The Morgan fingerprint density at radius 3 is 2.19 bits per heavy atom. The van der Waals surface area contributed by atoms with Crippen LogP contribution in [0.2, 0.25) is 0 Å². The van der Waals surface area contributed by atoms with Gasteiger partial charge in [0.25, 0.3) is 18.7 Å². The van der Waals surface area contributed by atoms with Crippen molar-refractivity contribution in [3.8, 4) is 11.1 Å². The molecule has 4 amide bonds. The van der Waals surface area contributed by atoms with Gasteiger partial charge in [0.05, 0.1) is 49.9 Å². The van der Waals surface area contributed by atoms with E-state index in [2.05, 4.69) is 50.2 Å². The van der Waals surface area contributed by atoms with E-state index < -0.39 is 54.1 Å². The van der Waals surface area contributed by atoms with Gasteiger partial charge >= 0.3 is 6.03 Å². The van der Waals surface area contributed by atoms with E-state index in [-0.39, 0.29) is 48.4 Å². The smallest absolute Gasteiger partial charge is 0.317 e. The highest BCUT2D eigenvalue weighted by molar-refractivity contribution is 5.80. The van der Waals surface area contributed by atoms with Gasteiger partial charge in [-0.3, -0.25) is 9.59 Å². The fourth-order valence-corrected chi connectivity index (χ4v) is 7.58. The average Bonchev–Trinajstić information content (AvgIpc) is 3.84. The summed E-state index contributed by atoms with van der Waals surface area (Å²) in [6, 6.07) is 7.27. The minimum Gasteiger partial charge on any atom is -0.390 e. The van der Waals surface area contributed by atoms with E-state index in [4.69, 9.17) is 14.6 Å². The number of hydrogen-bond donors (Lipinski definition) is 5.